The molecule has 1 unspecified atom stereocenters. The number of aliphatic hydroxyl groups is 5. The maximum atomic E-state index is 10.1. The Labute approximate surface area is 251 Å². The quantitative estimate of drug-likeness (QED) is 0.0643. The molecular formula is C33H67NO7. The predicted molar refractivity (Wildman–Crippen MR) is 166 cm³/mol. The van der Waals surface area contributed by atoms with Crippen molar-refractivity contribution in [3.63, 3.8) is 0 Å². The fraction of sp³-hybridized carbons (Fsp3) is 1.00. The summed E-state index contributed by atoms with van der Waals surface area (Å²) in [7, 11) is 0. The molecule has 0 aromatic carbocycles. The van der Waals surface area contributed by atoms with E-state index in [-0.39, 0.29) is 6.61 Å². The van der Waals surface area contributed by atoms with Crippen LogP contribution in [0.5, 0.6) is 0 Å². The van der Waals surface area contributed by atoms with E-state index < -0.39 is 43.4 Å². The van der Waals surface area contributed by atoms with Gasteiger partial charge in [-0.25, -0.2) is 0 Å². The van der Waals surface area contributed by atoms with Gasteiger partial charge in [-0.15, -0.1) is 0 Å². The highest BCUT2D eigenvalue weighted by molar-refractivity contribution is 4.89. The topological polar surface area (TPSA) is 132 Å². The molecule has 6 N–H and O–H groups in total. The van der Waals surface area contributed by atoms with Gasteiger partial charge in [0.2, 0.25) is 0 Å². The molecule has 1 aliphatic heterocycles. The Morgan fingerprint density at radius 1 is 0.634 bits per heavy atom. The smallest absolute Gasteiger partial charge is 0.184 e. The van der Waals surface area contributed by atoms with Gasteiger partial charge >= 0.3 is 0 Å². The molecule has 1 saturated heterocycles. The Hall–Kier alpha value is -0.320. The summed E-state index contributed by atoms with van der Waals surface area (Å²) in [6.45, 7) is 2.83. The van der Waals surface area contributed by atoms with Crippen LogP contribution in [0, 0.1) is 0 Å². The Balaban J connectivity index is 1.78. The third-order valence-corrected chi connectivity index (χ3v) is 8.41. The largest absolute Gasteiger partial charge is 0.394 e. The fourth-order valence-corrected chi connectivity index (χ4v) is 5.66. The van der Waals surface area contributed by atoms with E-state index in [9.17, 15) is 20.4 Å². The number of hydrogen-bond donors (Lipinski definition) is 6. The lowest BCUT2D eigenvalue weighted by Crippen LogP contribution is -2.59. The van der Waals surface area contributed by atoms with Crippen LogP contribution in [0.1, 0.15) is 148 Å². The van der Waals surface area contributed by atoms with Crippen LogP contribution in [0.3, 0.4) is 0 Å². The molecule has 246 valence electrons. The number of aliphatic hydroxyl groups excluding tert-OH is 5. The van der Waals surface area contributed by atoms with E-state index in [0.717, 1.165) is 13.0 Å². The summed E-state index contributed by atoms with van der Waals surface area (Å²) in [5.41, 5.74) is 0. The van der Waals surface area contributed by atoms with E-state index in [1.807, 2.05) is 0 Å². The summed E-state index contributed by atoms with van der Waals surface area (Å²) in [5, 5.41) is 52.3. The number of rotatable bonds is 29. The van der Waals surface area contributed by atoms with Gasteiger partial charge in [0.15, 0.2) is 6.29 Å². The third-order valence-electron chi connectivity index (χ3n) is 8.41. The van der Waals surface area contributed by atoms with Crippen molar-refractivity contribution in [1.29, 1.82) is 0 Å². The minimum Gasteiger partial charge on any atom is -0.394 e. The molecule has 0 aromatic heterocycles. The Bertz CT molecular complexity index is 556. The molecule has 0 amide bonds. The lowest BCUT2D eigenvalue weighted by molar-refractivity contribution is -0.298. The van der Waals surface area contributed by atoms with Crippen LogP contribution in [0.2, 0.25) is 0 Å². The highest BCUT2D eigenvalue weighted by atomic mass is 16.7. The molecule has 41 heavy (non-hydrogen) atoms. The lowest BCUT2D eigenvalue weighted by atomic mass is 9.99. The molecule has 0 spiro atoms. The zero-order chi connectivity index (χ0) is 30.0. The molecule has 1 fully saturated rings. The van der Waals surface area contributed by atoms with Crippen molar-refractivity contribution < 1.29 is 35.0 Å². The van der Waals surface area contributed by atoms with Gasteiger partial charge < -0.3 is 40.3 Å². The molecule has 1 rings (SSSR count). The maximum absolute atomic E-state index is 10.1. The average molecular weight is 590 g/mol. The number of unbranched alkanes of at least 4 members (excludes halogenated alkanes) is 21. The Morgan fingerprint density at radius 3 is 1.46 bits per heavy atom. The molecular weight excluding hydrogens is 522 g/mol. The summed E-state index contributed by atoms with van der Waals surface area (Å²) >= 11 is 0. The normalized spacial score (nSPS) is 23.7. The van der Waals surface area contributed by atoms with Gasteiger partial charge in [0.25, 0.3) is 0 Å². The van der Waals surface area contributed by atoms with Gasteiger partial charge in [0.05, 0.1) is 19.3 Å². The molecule has 1 aliphatic rings. The Kier molecular flexibility index (Phi) is 25.7. The van der Waals surface area contributed by atoms with Gasteiger partial charge in [-0.1, -0.05) is 142 Å². The molecule has 6 atom stereocenters. The van der Waals surface area contributed by atoms with Crippen molar-refractivity contribution in [2.45, 2.75) is 185 Å². The summed E-state index contributed by atoms with van der Waals surface area (Å²) < 4.78 is 10.4. The van der Waals surface area contributed by atoms with Gasteiger partial charge in [-0.3, -0.25) is 0 Å². The van der Waals surface area contributed by atoms with E-state index in [4.69, 9.17) is 14.6 Å². The van der Waals surface area contributed by atoms with Crippen LogP contribution < -0.4 is 5.32 Å². The van der Waals surface area contributed by atoms with Crippen LogP contribution in [0.4, 0.5) is 0 Å². The number of hydrogen-bond acceptors (Lipinski definition) is 8. The minimum atomic E-state index is -1.48. The molecule has 1 heterocycles. The molecule has 8 heteroatoms. The van der Waals surface area contributed by atoms with Crippen molar-refractivity contribution in [2.24, 2.45) is 0 Å². The zero-order valence-corrected chi connectivity index (χ0v) is 26.4. The van der Waals surface area contributed by atoms with Crippen molar-refractivity contribution in [3.8, 4) is 0 Å². The monoisotopic (exact) mass is 589 g/mol. The molecule has 0 radical (unpaired) electrons. The van der Waals surface area contributed by atoms with Crippen LogP contribution in [-0.2, 0) is 9.47 Å². The van der Waals surface area contributed by atoms with Crippen LogP contribution >= 0.6 is 0 Å². The molecule has 0 aliphatic carbocycles. The standard InChI is InChI=1S/C33H67NO7/c1-2-3-4-5-6-7-8-9-10-11-12-13-14-15-16-17-18-19-20-21-22-23-24-34-25-28(36)27-40-32-31(38)30(37)29(26-35)41-33(32)39/h28-39H,2-27H2,1H3/t28?,29-,30+,31+,32-,33-/m1/s1. The SMILES string of the molecule is CCCCCCCCCCCCCCCCCCCCCCCCNCC(O)CO[C@@H]1[C@@H](O)[C@@H](O)[C@@H](CO)O[C@H]1O. The zero-order valence-electron chi connectivity index (χ0n) is 26.4. The summed E-state index contributed by atoms with van der Waals surface area (Å²) in [5.74, 6) is 0. The molecule has 0 aromatic rings. The van der Waals surface area contributed by atoms with E-state index in [1.165, 1.54) is 135 Å². The fourth-order valence-electron chi connectivity index (χ4n) is 5.66. The minimum absolute atomic E-state index is 0.106. The third kappa shape index (κ3) is 20.3. The molecule has 8 nitrogen and oxygen atoms in total. The summed E-state index contributed by atoms with van der Waals surface area (Å²) in [6.07, 6.45) is 22.9. The van der Waals surface area contributed by atoms with Crippen molar-refractivity contribution in [2.75, 3.05) is 26.3 Å². The highest BCUT2D eigenvalue weighted by Gasteiger charge is 2.44. The second kappa shape index (κ2) is 27.2. The first kappa shape index (κ1) is 38.7. The van der Waals surface area contributed by atoms with Crippen LogP contribution in [-0.4, -0.2) is 88.6 Å². The van der Waals surface area contributed by atoms with E-state index >= 15 is 0 Å². The average Bonchev–Trinajstić information content (AvgIpc) is 2.97. The van der Waals surface area contributed by atoms with Crippen LogP contribution in [0.25, 0.3) is 0 Å². The van der Waals surface area contributed by atoms with E-state index in [0.29, 0.717) is 6.54 Å². The predicted octanol–water partition coefficient (Wildman–Crippen LogP) is 5.36. The van der Waals surface area contributed by atoms with E-state index in [2.05, 4.69) is 12.2 Å². The second-order valence-electron chi connectivity index (χ2n) is 12.3. The lowest BCUT2D eigenvalue weighted by Gasteiger charge is -2.40. The van der Waals surface area contributed by atoms with Crippen molar-refractivity contribution in [3.05, 3.63) is 0 Å². The first-order valence-corrected chi connectivity index (χ1v) is 17.3. The highest BCUT2D eigenvalue weighted by Crippen LogP contribution is 2.22. The van der Waals surface area contributed by atoms with Gasteiger partial charge in [-0.05, 0) is 13.0 Å². The molecule has 0 saturated carbocycles. The summed E-state index contributed by atoms with van der Waals surface area (Å²) in [6, 6.07) is 0. The first-order chi connectivity index (χ1) is 20.0. The Morgan fingerprint density at radius 2 is 1.05 bits per heavy atom. The first-order valence-electron chi connectivity index (χ1n) is 17.3. The molecule has 0 bridgehead atoms. The van der Waals surface area contributed by atoms with Gasteiger partial charge in [0.1, 0.15) is 24.4 Å². The van der Waals surface area contributed by atoms with Gasteiger partial charge in [-0.2, -0.15) is 0 Å². The van der Waals surface area contributed by atoms with Crippen molar-refractivity contribution in [1.82, 2.24) is 5.32 Å². The van der Waals surface area contributed by atoms with Crippen molar-refractivity contribution >= 4 is 0 Å². The second-order valence-corrected chi connectivity index (χ2v) is 12.3. The maximum Gasteiger partial charge on any atom is 0.184 e. The van der Waals surface area contributed by atoms with Gasteiger partial charge in [0, 0.05) is 6.54 Å². The van der Waals surface area contributed by atoms with E-state index in [1.54, 1.807) is 0 Å². The summed E-state index contributed by atoms with van der Waals surface area (Å²) in [4.78, 5) is 0. The number of nitrogens with one attached hydrogen (secondary N) is 1. The number of ether oxygens (including phenoxy) is 2. The van der Waals surface area contributed by atoms with Crippen LogP contribution in [0.15, 0.2) is 0 Å².